The Kier molecular flexibility index (Phi) is 9.65. The Morgan fingerprint density at radius 1 is 1.06 bits per heavy atom. The Labute approximate surface area is 215 Å². The molecule has 1 N–H and O–H groups in total. The van der Waals surface area contributed by atoms with Gasteiger partial charge in [0.15, 0.2) is 11.5 Å². The van der Waals surface area contributed by atoms with Crippen LogP contribution in [0.4, 0.5) is 9.59 Å². The third-order valence-corrected chi connectivity index (χ3v) is 5.50. The van der Waals surface area contributed by atoms with Crippen molar-refractivity contribution < 1.29 is 33.4 Å². The van der Waals surface area contributed by atoms with Crippen LogP contribution < -0.4 is 14.8 Å². The fourth-order valence-electron chi connectivity index (χ4n) is 3.22. The minimum Gasteiger partial charge on any atom is -0.493 e. The molecule has 0 aliphatic carbocycles. The van der Waals surface area contributed by atoms with Crippen LogP contribution in [0.2, 0.25) is 0 Å². The van der Waals surface area contributed by atoms with Crippen LogP contribution in [-0.2, 0) is 20.9 Å². The Morgan fingerprint density at radius 2 is 1.66 bits per heavy atom. The summed E-state index contributed by atoms with van der Waals surface area (Å²) in [6, 6.07) is 3.59. The standard InChI is InChI=1S/C24H36BrN3O7/c1-23(2,3)34-21(29)26-11-16-12-28(22(30)35-24(4,5)6)13-18(16)27-33-14-15-9-19(31-7)20(32-8)10-17(15)25/h9-10,16H,11-14H2,1-8H3,(H,26,29)/b27-18+. The summed E-state index contributed by atoms with van der Waals surface area (Å²) in [5, 5.41) is 7.05. The first-order valence-electron chi connectivity index (χ1n) is 11.3. The number of benzene rings is 1. The molecule has 1 aromatic rings. The molecule has 1 fully saturated rings. The van der Waals surface area contributed by atoms with Gasteiger partial charge in [0.1, 0.15) is 17.8 Å². The first kappa shape index (κ1) is 28.5. The molecule has 1 aliphatic rings. The molecule has 0 aromatic heterocycles. The van der Waals surface area contributed by atoms with E-state index in [4.69, 9.17) is 23.8 Å². The maximum absolute atomic E-state index is 12.6. The maximum atomic E-state index is 12.6. The molecular formula is C24H36BrN3O7. The second-order valence-corrected chi connectivity index (χ2v) is 10.9. The van der Waals surface area contributed by atoms with Crippen LogP contribution in [0.3, 0.4) is 0 Å². The number of alkyl carbamates (subject to hydrolysis) is 1. The van der Waals surface area contributed by atoms with E-state index in [1.165, 1.54) is 0 Å². The highest BCUT2D eigenvalue weighted by molar-refractivity contribution is 9.10. The fourth-order valence-corrected chi connectivity index (χ4v) is 3.66. The lowest BCUT2D eigenvalue weighted by Gasteiger charge is -2.24. The number of oxime groups is 1. The largest absolute Gasteiger partial charge is 0.493 e. The van der Waals surface area contributed by atoms with Crippen molar-refractivity contribution in [1.29, 1.82) is 0 Å². The topological polar surface area (TPSA) is 108 Å². The number of carbonyl (C=O) groups is 2. The van der Waals surface area contributed by atoms with Gasteiger partial charge in [0, 0.05) is 29.0 Å². The van der Waals surface area contributed by atoms with Crippen LogP contribution in [0.5, 0.6) is 11.5 Å². The zero-order chi connectivity index (χ0) is 26.4. The Morgan fingerprint density at radius 3 is 2.23 bits per heavy atom. The van der Waals surface area contributed by atoms with Gasteiger partial charge in [-0.05, 0) is 53.7 Å². The normalized spacial score (nSPS) is 17.2. The van der Waals surface area contributed by atoms with Gasteiger partial charge in [0.2, 0.25) is 0 Å². The average Bonchev–Trinajstić information content (AvgIpc) is 3.14. The predicted octanol–water partition coefficient (Wildman–Crippen LogP) is 4.73. The highest BCUT2D eigenvalue weighted by Crippen LogP contribution is 2.33. The van der Waals surface area contributed by atoms with E-state index in [1.807, 2.05) is 20.8 Å². The molecule has 1 unspecified atom stereocenters. The van der Waals surface area contributed by atoms with Crippen molar-refractivity contribution in [3.05, 3.63) is 22.2 Å². The third kappa shape index (κ3) is 9.12. The number of carbonyl (C=O) groups excluding carboxylic acids is 2. The number of hydrogen-bond acceptors (Lipinski definition) is 8. The minimum atomic E-state index is -0.628. The number of amides is 2. The molecule has 1 atom stereocenters. The molecule has 2 amide bonds. The number of hydrogen-bond donors (Lipinski definition) is 1. The number of likely N-dealkylation sites (tertiary alicyclic amines) is 1. The molecule has 196 valence electrons. The number of nitrogens with zero attached hydrogens (tertiary/aromatic N) is 2. The Balaban J connectivity index is 2.13. The lowest BCUT2D eigenvalue weighted by atomic mass is 10.1. The summed E-state index contributed by atoms with van der Waals surface area (Å²) in [4.78, 5) is 31.9. The van der Waals surface area contributed by atoms with E-state index < -0.39 is 23.4 Å². The summed E-state index contributed by atoms with van der Waals surface area (Å²) in [6.07, 6.45) is -0.990. The van der Waals surface area contributed by atoms with Gasteiger partial charge in [-0.3, -0.25) is 0 Å². The van der Waals surface area contributed by atoms with Gasteiger partial charge in [-0.1, -0.05) is 21.1 Å². The lowest BCUT2D eigenvalue weighted by Crippen LogP contribution is -2.38. The summed E-state index contributed by atoms with van der Waals surface area (Å²) in [7, 11) is 3.12. The van der Waals surface area contributed by atoms with E-state index in [9.17, 15) is 9.59 Å². The lowest BCUT2D eigenvalue weighted by molar-refractivity contribution is 0.0292. The number of rotatable bonds is 7. The molecule has 0 spiro atoms. The van der Waals surface area contributed by atoms with Gasteiger partial charge in [0.05, 0.1) is 26.5 Å². The second kappa shape index (κ2) is 11.8. The molecule has 35 heavy (non-hydrogen) atoms. The van der Waals surface area contributed by atoms with E-state index in [1.54, 1.807) is 52.0 Å². The van der Waals surface area contributed by atoms with Gasteiger partial charge >= 0.3 is 12.2 Å². The Bertz CT molecular complexity index is 938. The summed E-state index contributed by atoms with van der Waals surface area (Å²) in [6.45, 7) is 11.7. The van der Waals surface area contributed by atoms with Crippen molar-refractivity contribution in [1.82, 2.24) is 10.2 Å². The van der Waals surface area contributed by atoms with Crippen molar-refractivity contribution in [2.75, 3.05) is 33.9 Å². The highest BCUT2D eigenvalue weighted by atomic mass is 79.9. The second-order valence-electron chi connectivity index (χ2n) is 10.1. The SMILES string of the molecule is COc1cc(Br)c(CO/N=C2\CN(C(=O)OC(C)(C)C)CC2CNC(=O)OC(C)(C)C)cc1OC. The summed E-state index contributed by atoms with van der Waals surface area (Å²) < 4.78 is 22.2. The summed E-state index contributed by atoms with van der Waals surface area (Å²) >= 11 is 3.50. The molecule has 0 bridgehead atoms. The molecule has 0 radical (unpaired) electrons. The first-order chi connectivity index (χ1) is 16.2. The van der Waals surface area contributed by atoms with Crippen LogP contribution in [0.15, 0.2) is 21.8 Å². The molecule has 11 heteroatoms. The van der Waals surface area contributed by atoms with Gasteiger partial charge in [-0.15, -0.1) is 0 Å². The van der Waals surface area contributed by atoms with E-state index in [2.05, 4.69) is 26.4 Å². The smallest absolute Gasteiger partial charge is 0.410 e. The fraction of sp³-hybridized carbons (Fsp3) is 0.625. The van der Waals surface area contributed by atoms with Crippen molar-refractivity contribution in [2.24, 2.45) is 11.1 Å². The monoisotopic (exact) mass is 557 g/mol. The summed E-state index contributed by atoms with van der Waals surface area (Å²) in [5.41, 5.74) is 0.174. The van der Waals surface area contributed by atoms with Crippen LogP contribution in [0.25, 0.3) is 0 Å². The van der Waals surface area contributed by atoms with Crippen LogP contribution in [-0.4, -0.2) is 67.9 Å². The molecule has 1 aromatic carbocycles. The van der Waals surface area contributed by atoms with Crippen LogP contribution in [0.1, 0.15) is 47.1 Å². The Hall–Kier alpha value is -2.69. The number of nitrogens with one attached hydrogen (secondary N) is 1. The zero-order valence-corrected chi connectivity index (χ0v) is 23.3. The third-order valence-electron chi connectivity index (χ3n) is 4.76. The molecule has 1 saturated heterocycles. The highest BCUT2D eigenvalue weighted by Gasteiger charge is 2.35. The number of ether oxygens (including phenoxy) is 4. The van der Waals surface area contributed by atoms with Crippen LogP contribution >= 0.6 is 15.9 Å². The average molecular weight is 558 g/mol. The molecule has 2 rings (SSSR count). The van der Waals surface area contributed by atoms with Crippen molar-refractivity contribution in [2.45, 2.75) is 59.4 Å². The quantitative estimate of drug-likeness (QED) is 0.482. The van der Waals surface area contributed by atoms with Crippen molar-refractivity contribution in [3.8, 4) is 11.5 Å². The van der Waals surface area contributed by atoms with E-state index in [0.717, 1.165) is 10.0 Å². The van der Waals surface area contributed by atoms with E-state index >= 15 is 0 Å². The van der Waals surface area contributed by atoms with Gasteiger partial charge in [-0.25, -0.2) is 9.59 Å². The van der Waals surface area contributed by atoms with Gasteiger partial charge in [0.25, 0.3) is 0 Å². The van der Waals surface area contributed by atoms with Crippen LogP contribution in [0, 0.1) is 5.92 Å². The van der Waals surface area contributed by atoms with E-state index in [0.29, 0.717) is 23.8 Å². The van der Waals surface area contributed by atoms with E-state index in [-0.39, 0.29) is 25.6 Å². The first-order valence-corrected chi connectivity index (χ1v) is 12.1. The maximum Gasteiger partial charge on any atom is 0.410 e. The zero-order valence-electron chi connectivity index (χ0n) is 21.7. The van der Waals surface area contributed by atoms with Gasteiger partial charge < -0.3 is 34.0 Å². The van der Waals surface area contributed by atoms with Crippen molar-refractivity contribution >= 4 is 33.8 Å². The minimum absolute atomic E-state index is 0.156. The molecule has 10 nitrogen and oxygen atoms in total. The molecule has 1 aliphatic heterocycles. The van der Waals surface area contributed by atoms with Crippen molar-refractivity contribution in [3.63, 3.8) is 0 Å². The predicted molar refractivity (Wildman–Crippen MR) is 135 cm³/mol. The molecule has 0 saturated carbocycles. The summed E-state index contributed by atoms with van der Waals surface area (Å²) in [5.74, 6) is 0.897. The number of halogens is 1. The number of methoxy groups -OCH3 is 2. The molecule has 1 heterocycles. The van der Waals surface area contributed by atoms with Gasteiger partial charge in [-0.2, -0.15) is 0 Å². The molecular weight excluding hydrogens is 522 g/mol.